The van der Waals surface area contributed by atoms with Crippen molar-refractivity contribution >= 4 is 5.91 Å². The molecule has 1 N–H and O–H groups in total. The number of aryl methyl sites for hydroxylation is 1. The highest BCUT2D eigenvalue weighted by atomic mass is 16.5. The van der Waals surface area contributed by atoms with Crippen molar-refractivity contribution in [1.82, 2.24) is 15.2 Å². The normalized spacial score (nSPS) is 21.2. The van der Waals surface area contributed by atoms with Crippen molar-refractivity contribution in [1.29, 1.82) is 0 Å². The monoisotopic (exact) mass is 343 g/mol. The standard InChI is InChI=1S/C19H25N3O3/c1-13-11-22(12-14(2)24-13)10-9-20-18(23)17-15(3)25-19(21-17)16-7-5-4-6-8-16/h4-8,13-14H,9-12H2,1-3H3,(H,20,23). The van der Waals surface area contributed by atoms with Crippen LogP contribution in [0, 0.1) is 6.92 Å². The summed E-state index contributed by atoms with van der Waals surface area (Å²) in [4.78, 5) is 19.1. The molecular weight excluding hydrogens is 318 g/mol. The summed E-state index contributed by atoms with van der Waals surface area (Å²) in [5.41, 5.74) is 1.21. The molecule has 2 atom stereocenters. The lowest BCUT2D eigenvalue weighted by Crippen LogP contribution is -2.47. The molecule has 2 heterocycles. The Labute approximate surface area is 148 Å². The zero-order valence-corrected chi connectivity index (χ0v) is 15.0. The van der Waals surface area contributed by atoms with Crippen LogP contribution >= 0.6 is 0 Å². The first kappa shape index (κ1) is 17.6. The Morgan fingerprint density at radius 1 is 1.24 bits per heavy atom. The van der Waals surface area contributed by atoms with E-state index in [0.29, 0.717) is 23.9 Å². The van der Waals surface area contributed by atoms with Gasteiger partial charge in [-0.05, 0) is 32.9 Å². The minimum Gasteiger partial charge on any atom is -0.441 e. The van der Waals surface area contributed by atoms with Gasteiger partial charge in [-0.15, -0.1) is 0 Å². The van der Waals surface area contributed by atoms with E-state index in [1.54, 1.807) is 6.92 Å². The lowest BCUT2D eigenvalue weighted by molar-refractivity contribution is -0.0672. The number of aromatic nitrogens is 1. The predicted molar refractivity (Wildman–Crippen MR) is 95.5 cm³/mol. The van der Waals surface area contributed by atoms with Gasteiger partial charge in [0.05, 0.1) is 12.2 Å². The van der Waals surface area contributed by atoms with E-state index in [0.717, 1.165) is 25.2 Å². The molecule has 0 radical (unpaired) electrons. The maximum absolute atomic E-state index is 12.4. The average Bonchev–Trinajstić information content (AvgIpc) is 2.97. The fourth-order valence-corrected chi connectivity index (χ4v) is 3.19. The molecule has 6 nitrogen and oxygen atoms in total. The second-order valence-electron chi connectivity index (χ2n) is 6.56. The van der Waals surface area contributed by atoms with Crippen LogP contribution in [0.3, 0.4) is 0 Å². The van der Waals surface area contributed by atoms with Gasteiger partial charge in [0.15, 0.2) is 5.69 Å². The van der Waals surface area contributed by atoms with E-state index in [1.807, 2.05) is 30.3 Å². The van der Waals surface area contributed by atoms with Gasteiger partial charge in [-0.3, -0.25) is 9.69 Å². The number of amides is 1. The molecule has 1 aromatic heterocycles. The van der Waals surface area contributed by atoms with Crippen molar-refractivity contribution in [3.8, 4) is 11.5 Å². The largest absolute Gasteiger partial charge is 0.441 e. The molecule has 1 aromatic carbocycles. The number of hydrogen-bond donors (Lipinski definition) is 1. The fraction of sp³-hybridized carbons (Fsp3) is 0.474. The van der Waals surface area contributed by atoms with Crippen LogP contribution < -0.4 is 5.32 Å². The molecule has 0 bridgehead atoms. The molecule has 3 rings (SSSR count). The van der Waals surface area contributed by atoms with Crippen LogP contribution in [-0.4, -0.2) is 54.2 Å². The zero-order valence-electron chi connectivity index (χ0n) is 15.0. The van der Waals surface area contributed by atoms with Crippen LogP contribution in [0.15, 0.2) is 34.7 Å². The van der Waals surface area contributed by atoms with Gasteiger partial charge in [0.2, 0.25) is 5.89 Å². The van der Waals surface area contributed by atoms with E-state index >= 15 is 0 Å². The summed E-state index contributed by atoms with van der Waals surface area (Å²) in [6.45, 7) is 9.07. The first-order chi connectivity index (χ1) is 12.0. The first-order valence-electron chi connectivity index (χ1n) is 8.72. The molecule has 25 heavy (non-hydrogen) atoms. The molecule has 6 heteroatoms. The summed E-state index contributed by atoms with van der Waals surface area (Å²) >= 11 is 0. The Hall–Kier alpha value is -2.18. The van der Waals surface area contributed by atoms with E-state index < -0.39 is 0 Å². The molecule has 0 saturated carbocycles. The third-order valence-electron chi connectivity index (χ3n) is 4.24. The Morgan fingerprint density at radius 3 is 2.60 bits per heavy atom. The number of morpholine rings is 1. The molecule has 0 spiro atoms. The van der Waals surface area contributed by atoms with Gasteiger partial charge in [-0.2, -0.15) is 0 Å². The third kappa shape index (κ3) is 4.46. The maximum Gasteiger partial charge on any atom is 0.273 e. The highest BCUT2D eigenvalue weighted by Crippen LogP contribution is 2.21. The molecule has 1 saturated heterocycles. The van der Waals surface area contributed by atoms with Crippen LogP contribution in [0.25, 0.3) is 11.5 Å². The van der Waals surface area contributed by atoms with Gasteiger partial charge in [0.25, 0.3) is 5.91 Å². The Balaban J connectivity index is 1.56. The van der Waals surface area contributed by atoms with Crippen LogP contribution in [-0.2, 0) is 4.74 Å². The second-order valence-corrected chi connectivity index (χ2v) is 6.56. The van der Waals surface area contributed by atoms with Gasteiger partial charge in [0, 0.05) is 31.7 Å². The molecule has 1 fully saturated rings. The summed E-state index contributed by atoms with van der Waals surface area (Å²) < 4.78 is 11.4. The number of nitrogens with one attached hydrogen (secondary N) is 1. The lowest BCUT2D eigenvalue weighted by atomic mass is 10.2. The number of benzene rings is 1. The number of ether oxygens (including phenoxy) is 1. The molecule has 1 aliphatic rings. The van der Waals surface area contributed by atoms with E-state index in [4.69, 9.17) is 9.15 Å². The number of carbonyl (C=O) groups is 1. The van der Waals surface area contributed by atoms with Crippen molar-refractivity contribution < 1.29 is 13.9 Å². The first-order valence-corrected chi connectivity index (χ1v) is 8.72. The van der Waals surface area contributed by atoms with E-state index in [9.17, 15) is 4.79 Å². The molecule has 134 valence electrons. The van der Waals surface area contributed by atoms with Crippen molar-refractivity contribution in [2.45, 2.75) is 33.0 Å². The average molecular weight is 343 g/mol. The van der Waals surface area contributed by atoms with Crippen LogP contribution in [0.5, 0.6) is 0 Å². The molecule has 1 amide bonds. The smallest absolute Gasteiger partial charge is 0.273 e. The number of nitrogens with zero attached hydrogens (tertiary/aromatic N) is 2. The third-order valence-corrected chi connectivity index (χ3v) is 4.24. The molecular formula is C19H25N3O3. The summed E-state index contributed by atoms with van der Waals surface area (Å²) in [5, 5.41) is 2.94. The van der Waals surface area contributed by atoms with E-state index in [2.05, 4.69) is 29.0 Å². The van der Waals surface area contributed by atoms with Gasteiger partial charge < -0.3 is 14.5 Å². The Kier molecular flexibility index (Phi) is 5.50. The van der Waals surface area contributed by atoms with Crippen LogP contribution in [0.1, 0.15) is 30.1 Å². The topological polar surface area (TPSA) is 67.6 Å². The van der Waals surface area contributed by atoms with Crippen molar-refractivity contribution in [2.75, 3.05) is 26.2 Å². The van der Waals surface area contributed by atoms with Crippen molar-refractivity contribution in [2.24, 2.45) is 0 Å². The highest BCUT2D eigenvalue weighted by Gasteiger charge is 2.22. The van der Waals surface area contributed by atoms with Gasteiger partial charge in [-0.25, -0.2) is 4.98 Å². The number of hydrogen-bond acceptors (Lipinski definition) is 5. The minimum absolute atomic E-state index is 0.196. The zero-order chi connectivity index (χ0) is 17.8. The minimum atomic E-state index is -0.196. The number of rotatable bonds is 5. The van der Waals surface area contributed by atoms with Crippen molar-refractivity contribution in [3.05, 3.63) is 41.8 Å². The molecule has 2 unspecified atom stereocenters. The van der Waals surface area contributed by atoms with Gasteiger partial charge >= 0.3 is 0 Å². The summed E-state index contributed by atoms with van der Waals surface area (Å²) in [5.74, 6) is 0.807. The number of oxazole rings is 1. The van der Waals surface area contributed by atoms with E-state index in [-0.39, 0.29) is 18.1 Å². The molecule has 0 aliphatic carbocycles. The number of carbonyl (C=O) groups excluding carboxylic acids is 1. The SMILES string of the molecule is Cc1oc(-c2ccccc2)nc1C(=O)NCCN1CC(C)OC(C)C1. The maximum atomic E-state index is 12.4. The highest BCUT2D eigenvalue weighted by molar-refractivity contribution is 5.93. The van der Waals surface area contributed by atoms with Crippen LogP contribution in [0.4, 0.5) is 0 Å². The van der Waals surface area contributed by atoms with E-state index in [1.165, 1.54) is 0 Å². The Morgan fingerprint density at radius 2 is 1.92 bits per heavy atom. The summed E-state index contributed by atoms with van der Waals surface area (Å²) in [6, 6.07) is 9.58. The van der Waals surface area contributed by atoms with Crippen molar-refractivity contribution in [3.63, 3.8) is 0 Å². The van der Waals surface area contributed by atoms with Gasteiger partial charge in [0.1, 0.15) is 5.76 Å². The molecule has 2 aromatic rings. The lowest BCUT2D eigenvalue weighted by Gasteiger charge is -2.35. The summed E-state index contributed by atoms with van der Waals surface area (Å²) in [6.07, 6.45) is 0.455. The van der Waals surface area contributed by atoms with Crippen LogP contribution in [0.2, 0.25) is 0 Å². The predicted octanol–water partition coefficient (Wildman–Crippen LogP) is 2.49. The quantitative estimate of drug-likeness (QED) is 0.903. The second kappa shape index (κ2) is 7.80. The molecule has 1 aliphatic heterocycles. The fourth-order valence-electron chi connectivity index (χ4n) is 3.19. The van der Waals surface area contributed by atoms with Gasteiger partial charge in [-0.1, -0.05) is 18.2 Å². The summed E-state index contributed by atoms with van der Waals surface area (Å²) in [7, 11) is 0. The Bertz CT molecular complexity index is 704.